The molecule has 1 heterocycles. The molecular weight excluding hydrogens is 330 g/mol. The lowest BCUT2D eigenvalue weighted by molar-refractivity contribution is 0.129. The average Bonchev–Trinajstić information content (AvgIpc) is 2.95. The van der Waals surface area contributed by atoms with Crippen LogP contribution in [0.2, 0.25) is 0 Å². The smallest absolute Gasteiger partial charge is 0.174 e. The second kappa shape index (κ2) is 8.01. The molecule has 1 aliphatic heterocycles. The molecule has 1 unspecified atom stereocenters. The van der Waals surface area contributed by atoms with Gasteiger partial charge in [0.1, 0.15) is 11.9 Å². The van der Waals surface area contributed by atoms with E-state index in [1.807, 2.05) is 37.3 Å². The Kier molecular flexibility index (Phi) is 5.52. The second-order valence-corrected chi connectivity index (χ2v) is 5.81. The molecule has 0 fully saturated rings. The van der Waals surface area contributed by atoms with Crippen molar-refractivity contribution in [2.24, 2.45) is 10.1 Å². The number of aliphatic hydroxyl groups excluding tert-OH is 2. The number of hydrogen-bond acceptors (Lipinski definition) is 6. The number of nitrogens with one attached hydrogen (secondary N) is 2. The van der Waals surface area contributed by atoms with Crippen molar-refractivity contribution in [3.8, 4) is 0 Å². The quantitative estimate of drug-likeness (QED) is 0.599. The number of aliphatic imine (C=N–C) groups is 1. The molecule has 0 radical (unpaired) electrons. The van der Waals surface area contributed by atoms with Gasteiger partial charge in [-0.05, 0) is 36.8 Å². The average molecular weight is 351 g/mol. The topological polar surface area (TPSA) is 104 Å². The fraction of sp³-hybridized carbons (Fsp3) is 0.211. The van der Waals surface area contributed by atoms with Crippen LogP contribution in [0.5, 0.6) is 0 Å². The molecule has 0 saturated heterocycles. The van der Waals surface area contributed by atoms with Crippen molar-refractivity contribution < 1.29 is 10.2 Å². The Balaban J connectivity index is 1.78. The van der Waals surface area contributed by atoms with E-state index < -0.39 is 6.23 Å². The number of para-hydroxylation sites is 1. The molecule has 2 aromatic rings. The third kappa shape index (κ3) is 3.85. The van der Waals surface area contributed by atoms with Crippen LogP contribution in [0, 0.1) is 5.41 Å². The number of rotatable bonds is 6. The van der Waals surface area contributed by atoms with Gasteiger partial charge in [-0.25, -0.2) is 10.0 Å². The lowest BCUT2D eigenvalue weighted by atomic mass is 10.1. The van der Waals surface area contributed by atoms with Crippen molar-refractivity contribution in [3.63, 3.8) is 0 Å². The van der Waals surface area contributed by atoms with E-state index in [0.29, 0.717) is 29.2 Å². The summed E-state index contributed by atoms with van der Waals surface area (Å²) in [6.07, 6.45) is -0.842. The highest BCUT2D eigenvalue weighted by molar-refractivity contribution is 6.72. The van der Waals surface area contributed by atoms with E-state index in [4.69, 9.17) is 10.5 Å². The Labute approximate surface area is 151 Å². The zero-order valence-electron chi connectivity index (χ0n) is 14.4. The first-order chi connectivity index (χ1) is 12.6. The first-order valence-electron chi connectivity index (χ1n) is 8.31. The molecule has 0 aromatic heterocycles. The van der Waals surface area contributed by atoms with E-state index in [0.717, 1.165) is 5.69 Å². The van der Waals surface area contributed by atoms with Gasteiger partial charge in [0.2, 0.25) is 0 Å². The predicted octanol–water partition coefficient (Wildman–Crippen LogP) is 2.21. The van der Waals surface area contributed by atoms with Crippen LogP contribution < -0.4 is 10.3 Å². The van der Waals surface area contributed by atoms with Crippen LogP contribution >= 0.6 is 0 Å². The van der Waals surface area contributed by atoms with Crippen LogP contribution in [0.1, 0.15) is 18.7 Å². The maximum absolute atomic E-state index is 9.95. The standard InChI is InChI=1S/C19H21N5O2/c1-13-17(18(20)24(23-13)16-5-3-2-4-6-16)22-15-9-7-14(8-10-15)19(26)21-11-12-25/h2-10,19-21,25-26H,11-12H2,1H3. The van der Waals surface area contributed by atoms with Crippen molar-refractivity contribution in [2.75, 3.05) is 18.2 Å². The van der Waals surface area contributed by atoms with E-state index >= 15 is 0 Å². The molecule has 0 amide bonds. The molecule has 4 N–H and O–H groups in total. The number of anilines is 1. The van der Waals surface area contributed by atoms with Gasteiger partial charge in [0.15, 0.2) is 5.84 Å². The first-order valence-corrected chi connectivity index (χ1v) is 8.31. The molecule has 26 heavy (non-hydrogen) atoms. The molecule has 1 atom stereocenters. The molecule has 134 valence electrons. The Morgan fingerprint density at radius 2 is 1.85 bits per heavy atom. The van der Waals surface area contributed by atoms with E-state index in [2.05, 4.69) is 15.4 Å². The van der Waals surface area contributed by atoms with Crippen LogP contribution in [0.15, 0.2) is 64.7 Å². The fourth-order valence-corrected chi connectivity index (χ4v) is 2.59. The number of nitrogens with zero attached hydrogens (tertiary/aromatic N) is 3. The van der Waals surface area contributed by atoms with Gasteiger partial charge in [0, 0.05) is 6.54 Å². The summed E-state index contributed by atoms with van der Waals surface area (Å²) < 4.78 is 0. The minimum absolute atomic E-state index is 0.0402. The normalized spacial score (nSPS) is 16.9. The first kappa shape index (κ1) is 17.9. The largest absolute Gasteiger partial charge is 0.395 e. The zero-order chi connectivity index (χ0) is 18.5. The van der Waals surface area contributed by atoms with Gasteiger partial charge < -0.3 is 10.2 Å². The summed E-state index contributed by atoms with van der Waals surface area (Å²) in [7, 11) is 0. The third-order valence-electron chi connectivity index (χ3n) is 3.93. The molecule has 7 nitrogen and oxygen atoms in total. The van der Waals surface area contributed by atoms with E-state index in [9.17, 15) is 5.11 Å². The number of hydrogen-bond donors (Lipinski definition) is 4. The highest BCUT2D eigenvalue weighted by Crippen LogP contribution is 2.22. The Morgan fingerprint density at radius 3 is 2.50 bits per heavy atom. The van der Waals surface area contributed by atoms with Crippen LogP contribution in [0.4, 0.5) is 11.4 Å². The molecule has 0 saturated carbocycles. The summed E-state index contributed by atoms with van der Waals surface area (Å²) in [6, 6.07) is 16.6. The summed E-state index contributed by atoms with van der Waals surface area (Å²) in [6.45, 7) is 2.10. The maximum Gasteiger partial charge on any atom is 0.174 e. The van der Waals surface area contributed by atoms with Gasteiger partial charge in [-0.3, -0.25) is 10.7 Å². The summed E-state index contributed by atoms with van der Waals surface area (Å²) in [4.78, 5) is 4.54. The Hall–Kier alpha value is -2.87. The summed E-state index contributed by atoms with van der Waals surface area (Å²) in [5, 5.41) is 35.9. The maximum atomic E-state index is 9.95. The molecular formula is C19H21N5O2. The SMILES string of the molecule is CC1=NN(c2ccccc2)C(=N)C1=Nc1ccc(C(O)NCCO)cc1. The van der Waals surface area contributed by atoms with Gasteiger partial charge in [-0.2, -0.15) is 5.10 Å². The Bertz CT molecular complexity index is 831. The van der Waals surface area contributed by atoms with Gasteiger partial charge in [-0.1, -0.05) is 30.3 Å². The predicted molar refractivity (Wildman–Crippen MR) is 103 cm³/mol. The van der Waals surface area contributed by atoms with E-state index in [1.165, 1.54) is 0 Å². The van der Waals surface area contributed by atoms with Crippen molar-refractivity contribution in [2.45, 2.75) is 13.2 Å². The fourth-order valence-electron chi connectivity index (χ4n) is 2.59. The highest BCUT2D eigenvalue weighted by Gasteiger charge is 2.26. The van der Waals surface area contributed by atoms with Crippen molar-refractivity contribution in [1.82, 2.24) is 5.32 Å². The van der Waals surface area contributed by atoms with Gasteiger partial charge in [0.05, 0.1) is 23.7 Å². The third-order valence-corrected chi connectivity index (χ3v) is 3.93. The van der Waals surface area contributed by atoms with Gasteiger partial charge in [0.25, 0.3) is 0 Å². The molecule has 0 spiro atoms. The van der Waals surface area contributed by atoms with Crippen LogP contribution in [0.3, 0.4) is 0 Å². The minimum Gasteiger partial charge on any atom is -0.395 e. The number of amidine groups is 1. The molecule has 3 rings (SSSR count). The van der Waals surface area contributed by atoms with Crippen LogP contribution in [-0.2, 0) is 0 Å². The summed E-state index contributed by atoms with van der Waals surface area (Å²) >= 11 is 0. The second-order valence-electron chi connectivity index (χ2n) is 5.81. The molecule has 0 bridgehead atoms. The van der Waals surface area contributed by atoms with Crippen molar-refractivity contribution in [3.05, 3.63) is 60.2 Å². The van der Waals surface area contributed by atoms with E-state index in [-0.39, 0.29) is 12.4 Å². The lowest BCUT2D eigenvalue weighted by Crippen LogP contribution is -2.26. The molecule has 7 heteroatoms. The zero-order valence-corrected chi connectivity index (χ0v) is 14.4. The van der Waals surface area contributed by atoms with Gasteiger partial charge in [-0.15, -0.1) is 0 Å². The van der Waals surface area contributed by atoms with Crippen molar-refractivity contribution in [1.29, 1.82) is 5.41 Å². The lowest BCUT2D eigenvalue weighted by Gasteiger charge is -2.13. The number of benzene rings is 2. The summed E-state index contributed by atoms with van der Waals surface area (Å²) in [5.74, 6) is 0.224. The van der Waals surface area contributed by atoms with Gasteiger partial charge >= 0.3 is 0 Å². The van der Waals surface area contributed by atoms with E-state index in [1.54, 1.807) is 29.3 Å². The summed E-state index contributed by atoms with van der Waals surface area (Å²) in [5.41, 5.74) is 3.36. The number of hydrazone groups is 1. The highest BCUT2D eigenvalue weighted by atomic mass is 16.3. The molecule has 0 aliphatic carbocycles. The van der Waals surface area contributed by atoms with Crippen LogP contribution in [0.25, 0.3) is 0 Å². The monoisotopic (exact) mass is 351 g/mol. The number of aliphatic hydroxyl groups is 2. The van der Waals surface area contributed by atoms with Crippen molar-refractivity contribution >= 4 is 28.6 Å². The van der Waals surface area contributed by atoms with Crippen LogP contribution in [-0.4, -0.2) is 40.6 Å². The molecule has 1 aliphatic rings. The molecule has 2 aromatic carbocycles. The minimum atomic E-state index is -0.842. The Morgan fingerprint density at radius 1 is 1.15 bits per heavy atom.